The molecule has 0 unspecified atom stereocenters. The predicted octanol–water partition coefficient (Wildman–Crippen LogP) is 9.64. The van der Waals surface area contributed by atoms with Crippen LogP contribution in [0, 0.1) is 0 Å². The lowest BCUT2D eigenvalue weighted by Crippen LogP contribution is -1.96. The number of benzene rings is 6. The van der Waals surface area contributed by atoms with E-state index in [1.54, 1.807) is 0 Å². The lowest BCUT2D eigenvalue weighted by molar-refractivity contribution is 1.24. The second-order valence-corrected chi connectivity index (χ2v) is 10.5. The Labute approximate surface area is 217 Å². The highest BCUT2D eigenvalue weighted by molar-refractivity contribution is 7.25. The van der Waals surface area contributed by atoms with Gasteiger partial charge in [-0.1, -0.05) is 91.0 Å². The number of aromatic nitrogens is 2. The van der Waals surface area contributed by atoms with Gasteiger partial charge in [0.25, 0.3) is 0 Å². The zero-order chi connectivity index (χ0) is 24.3. The third-order valence-corrected chi connectivity index (χ3v) is 8.37. The second kappa shape index (κ2) is 7.95. The van der Waals surface area contributed by atoms with Crippen molar-refractivity contribution in [3.63, 3.8) is 0 Å². The number of hydrogen-bond donors (Lipinski definition) is 0. The summed E-state index contributed by atoms with van der Waals surface area (Å²) in [5.74, 6) is 0.750. The van der Waals surface area contributed by atoms with E-state index in [4.69, 9.17) is 9.97 Å². The number of nitrogens with zero attached hydrogens (tertiary/aromatic N) is 2. The molecular weight excluding hydrogens is 468 g/mol. The van der Waals surface area contributed by atoms with Gasteiger partial charge >= 0.3 is 0 Å². The SMILES string of the molecule is c1ccc(-c2nc(-c3ccc4cc5sc6ccccc6c5cc4c3)nc3c2ccc2ccccc23)cc1. The molecule has 0 saturated carbocycles. The Kier molecular flexibility index (Phi) is 4.42. The van der Waals surface area contributed by atoms with Crippen molar-refractivity contribution < 1.29 is 0 Å². The Hall–Kier alpha value is -4.60. The summed E-state index contributed by atoms with van der Waals surface area (Å²) in [6.07, 6.45) is 0. The highest BCUT2D eigenvalue weighted by atomic mass is 32.1. The molecule has 0 atom stereocenters. The standard InChI is InChI=1S/C34H20N2S/c1-2-9-22(10-3-1)32-28-17-16-21-8-4-5-11-26(21)33(28)36-34(35-32)24-15-14-23-20-31-29(19-25(23)18-24)27-12-6-7-13-30(27)37-31/h1-20H. The van der Waals surface area contributed by atoms with Gasteiger partial charge in [-0.15, -0.1) is 11.3 Å². The van der Waals surface area contributed by atoms with E-state index < -0.39 is 0 Å². The summed E-state index contributed by atoms with van der Waals surface area (Å²) in [4.78, 5) is 10.3. The van der Waals surface area contributed by atoms with Gasteiger partial charge in [-0.25, -0.2) is 9.97 Å². The molecule has 6 aromatic carbocycles. The van der Waals surface area contributed by atoms with Crippen LogP contribution in [-0.2, 0) is 0 Å². The van der Waals surface area contributed by atoms with E-state index in [2.05, 4.69) is 115 Å². The maximum atomic E-state index is 5.16. The molecule has 0 N–H and O–H groups in total. The van der Waals surface area contributed by atoms with Crippen molar-refractivity contribution in [3.05, 3.63) is 121 Å². The smallest absolute Gasteiger partial charge is 0.160 e. The fourth-order valence-corrected chi connectivity index (χ4v) is 6.55. The molecule has 0 spiro atoms. The van der Waals surface area contributed by atoms with E-state index in [0.29, 0.717) is 0 Å². The minimum absolute atomic E-state index is 0.750. The van der Waals surface area contributed by atoms with Gasteiger partial charge < -0.3 is 0 Å². The zero-order valence-electron chi connectivity index (χ0n) is 19.8. The number of rotatable bonds is 2. The Morgan fingerprint density at radius 3 is 2.14 bits per heavy atom. The molecule has 2 aromatic heterocycles. The van der Waals surface area contributed by atoms with Crippen molar-refractivity contribution >= 4 is 64.0 Å². The van der Waals surface area contributed by atoms with E-state index in [1.165, 1.54) is 36.3 Å². The Bertz CT molecular complexity index is 2140. The minimum Gasteiger partial charge on any atom is -0.227 e. The lowest BCUT2D eigenvalue weighted by Gasteiger charge is -2.12. The minimum atomic E-state index is 0.750. The average Bonchev–Trinajstić information content (AvgIpc) is 3.32. The summed E-state index contributed by atoms with van der Waals surface area (Å²) >= 11 is 1.85. The van der Waals surface area contributed by atoms with E-state index >= 15 is 0 Å². The van der Waals surface area contributed by atoms with Gasteiger partial charge in [-0.2, -0.15) is 0 Å². The summed E-state index contributed by atoms with van der Waals surface area (Å²) in [6, 6.07) is 43.1. The molecule has 0 radical (unpaired) electrons. The quantitative estimate of drug-likeness (QED) is 0.226. The molecule has 0 saturated heterocycles. The summed E-state index contributed by atoms with van der Waals surface area (Å²) in [5, 5.41) is 8.46. The predicted molar refractivity (Wildman–Crippen MR) is 158 cm³/mol. The number of thiophene rings is 1. The summed E-state index contributed by atoms with van der Waals surface area (Å²) in [5.41, 5.74) is 4.07. The van der Waals surface area contributed by atoms with Crippen molar-refractivity contribution in [1.29, 1.82) is 0 Å². The normalized spacial score (nSPS) is 11.8. The van der Waals surface area contributed by atoms with E-state index in [0.717, 1.165) is 38.9 Å². The molecule has 0 aliphatic rings. The zero-order valence-corrected chi connectivity index (χ0v) is 20.7. The molecule has 0 aliphatic carbocycles. The molecule has 0 fully saturated rings. The van der Waals surface area contributed by atoms with Gasteiger partial charge in [0.05, 0.1) is 11.2 Å². The molecule has 3 heteroatoms. The van der Waals surface area contributed by atoms with Crippen LogP contribution in [0.1, 0.15) is 0 Å². The van der Waals surface area contributed by atoms with Crippen LogP contribution in [0.4, 0.5) is 0 Å². The first-order valence-corrected chi connectivity index (χ1v) is 13.2. The fraction of sp³-hybridized carbons (Fsp3) is 0. The van der Waals surface area contributed by atoms with E-state index in [1.807, 2.05) is 17.4 Å². The van der Waals surface area contributed by atoms with Crippen LogP contribution >= 0.6 is 11.3 Å². The molecule has 0 amide bonds. The summed E-state index contributed by atoms with van der Waals surface area (Å²) < 4.78 is 2.64. The average molecular weight is 489 g/mol. The summed E-state index contributed by atoms with van der Waals surface area (Å²) in [7, 11) is 0. The van der Waals surface area contributed by atoms with Crippen molar-refractivity contribution in [2.24, 2.45) is 0 Å². The van der Waals surface area contributed by atoms with Crippen LogP contribution in [0.2, 0.25) is 0 Å². The van der Waals surface area contributed by atoms with Crippen LogP contribution in [0.15, 0.2) is 121 Å². The monoisotopic (exact) mass is 488 g/mol. The molecular formula is C34H20N2S. The fourth-order valence-electron chi connectivity index (χ4n) is 5.42. The van der Waals surface area contributed by atoms with Gasteiger partial charge in [0.2, 0.25) is 0 Å². The first kappa shape index (κ1) is 20.6. The molecule has 37 heavy (non-hydrogen) atoms. The molecule has 172 valence electrons. The van der Waals surface area contributed by atoms with Gasteiger partial charge in [-0.05, 0) is 46.5 Å². The molecule has 0 bridgehead atoms. The molecule has 0 aliphatic heterocycles. The van der Waals surface area contributed by atoms with E-state index in [9.17, 15) is 0 Å². The maximum Gasteiger partial charge on any atom is 0.160 e. The molecule has 2 nitrogen and oxygen atoms in total. The highest BCUT2D eigenvalue weighted by Gasteiger charge is 2.14. The lowest BCUT2D eigenvalue weighted by atomic mass is 10.0. The second-order valence-electron chi connectivity index (χ2n) is 9.45. The van der Waals surface area contributed by atoms with Gasteiger partial charge in [-0.3, -0.25) is 0 Å². The van der Waals surface area contributed by atoms with Crippen LogP contribution in [0.25, 0.3) is 75.3 Å². The topological polar surface area (TPSA) is 25.8 Å². The third-order valence-electron chi connectivity index (χ3n) is 7.23. The van der Waals surface area contributed by atoms with Crippen molar-refractivity contribution in [3.8, 4) is 22.6 Å². The molecule has 2 heterocycles. The van der Waals surface area contributed by atoms with Crippen LogP contribution in [0.5, 0.6) is 0 Å². The molecule has 8 rings (SSSR count). The van der Waals surface area contributed by atoms with Gasteiger partial charge in [0.1, 0.15) is 0 Å². The maximum absolute atomic E-state index is 5.16. The highest BCUT2D eigenvalue weighted by Crippen LogP contribution is 2.38. The Morgan fingerprint density at radius 1 is 0.432 bits per heavy atom. The van der Waals surface area contributed by atoms with Gasteiger partial charge in [0, 0.05) is 42.1 Å². The third kappa shape index (κ3) is 3.25. The van der Waals surface area contributed by atoms with Crippen molar-refractivity contribution in [1.82, 2.24) is 9.97 Å². The first-order valence-electron chi connectivity index (χ1n) is 12.4. The van der Waals surface area contributed by atoms with Crippen LogP contribution < -0.4 is 0 Å². The van der Waals surface area contributed by atoms with Crippen molar-refractivity contribution in [2.75, 3.05) is 0 Å². The van der Waals surface area contributed by atoms with E-state index in [-0.39, 0.29) is 0 Å². The Balaban J connectivity index is 1.41. The first-order chi connectivity index (χ1) is 18.3. The number of fused-ring (bicyclic) bond motifs is 7. The van der Waals surface area contributed by atoms with Crippen LogP contribution in [-0.4, -0.2) is 9.97 Å². The van der Waals surface area contributed by atoms with Crippen molar-refractivity contribution in [2.45, 2.75) is 0 Å². The Morgan fingerprint density at radius 2 is 1.22 bits per heavy atom. The largest absolute Gasteiger partial charge is 0.227 e. The molecule has 8 aromatic rings. The van der Waals surface area contributed by atoms with Gasteiger partial charge in [0.15, 0.2) is 5.82 Å². The summed E-state index contributed by atoms with van der Waals surface area (Å²) in [6.45, 7) is 0. The number of hydrogen-bond acceptors (Lipinski definition) is 3. The van der Waals surface area contributed by atoms with Crippen LogP contribution in [0.3, 0.4) is 0 Å².